The van der Waals surface area contributed by atoms with E-state index in [0.717, 1.165) is 19.5 Å². The molecule has 1 aromatic rings. The second-order valence-electron chi connectivity index (χ2n) is 3.63. The Hall–Kier alpha value is -0.860. The molecule has 0 spiro atoms. The minimum atomic E-state index is 0.948. The van der Waals surface area contributed by atoms with Crippen LogP contribution in [0.5, 0.6) is 0 Å². The second-order valence-corrected chi connectivity index (χ2v) is 3.63. The number of nitrogens with two attached hydrogens (primary N) is 1. The SMILES string of the molecule is CCCCN(N)CCc1ccccc1. The Balaban J connectivity index is 2.20. The summed E-state index contributed by atoms with van der Waals surface area (Å²) in [4.78, 5) is 0. The molecule has 78 valence electrons. The number of nitrogens with zero attached hydrogens (tertiary/aromatic N) is 1. The van der Waals surface area contributed by atoms with Crippen molar-refractivity contribution in [2.75, 3.05) is 13.1 Å². The fraction of sp³-hybridized carbons (Fsp3) is 0.500. The Bertz CT molecular complexity index is 233. The third-order valence-corrected chi connectivity index (χ3v) is 2.33. The van der Waals surface area contributed by atoms with Crippen LogP contribution in [0.1, 0.15) is 25.3 Å². The Morgan fingerprint density at radius 2 is 1.86 bits per heavy atom. The molecule has 0 atom stereocenters. The van der Waals surface area contributed by atoms with Gasteiger partial charge >= 0.3 is 0 Å². The van der Waals surface area contributed by atoms with Gasteiger partial charge in [-0.1, -0.05) is 43.7 Å². The maximum absolute atomic E-state index is 5.84. The number of hydrogen-bond acceptors (Lipinski definition) is 2. The van der Waals surface area contributed by atoms with Gasteiger partial charge in [0.25, 0.3) is 0 Å². The zero-order valence-electron chi connectivity index (χ0n) is 8.95. The van der Waals surface area contributed by atoms with E-state index in [1.165, 1.54) is 18.4 Å². The number of benzene rings is 1. The molecule has 0 saturated heterocycles. The quantitative estimate of drug-likeness (QED) is 0.553. The van der Waals surface area contributed by atoms with Gasteiger partial charge in [-0.05, 0) is 18.4 Å². The van der Waals surface area contributed by atoms with Crippen LogP contribution in [0.4, 0.5) is 0 Å². The summed E-state index contributed by atoms with van der Waals surface area (Å²) in [6.45, 7) is 4.14. The average molecular weight is 192 g/mol. The molecule has 1 aromatic carbocycles. The second kappa shape index (κ2) is 6.57. The van der Waals surface area contributed by atoms with Crippen molar-refractivity contribution in [2.24, 2.45) is 5.84 Å². The van der Waals surface area contributed by atoms with Gasteiger partial charge in [0, 0.05) is 13.1 Å². The van der Waals surface area contributed by atoms with Crippen molar-refractivity contribution in [3.63, 3.8) is 0 Å². The third kappa shape index (κ3) is 4.40. The monoisotopic (exact) mass is 192 g/mol. The normalized spacial score (nSPS) is 10.8. The van der Waals surface area contributed by atoms with Crippen LogP contribution in [0.25, 0.3) is 0 Å². The van der Waals surface area contributed by atoms with E-state index in [1.807, 2.05) is 11.1 Å². The van der Waals surface area contributed by atoms with E-state index in [9.17, 15) is 0 Å². The minimum absolute atomic E-state index is 0.948. The van der Waals surface area contributed by atoms with Crippen molar-refractivity contribution in [1.82, 2.24) is 5.01 Å². The first-order valence-electron chi connectivity index (χ1n) is 5.36. The van der Waals surface area contributed by atoms with Gasteiger partial charge in [0.15, 0.2) is 0 Å². The van der Waals surface area contributed by atoms with E-state index in [4.69, 9.17) is 5.84 Å². The first kappa shape index (κ1) is 11.2. The van der Waals surface area contributed by atoms with Gasteiger partial charge in [0.05, 0.1) is 0 Å². The molecule has 2 heteroatoms. The lowest BCUT2D eigenvalue weighted by Gasteiger charge is -2.15. The molecule has 0 unspecified atom stereocenters. The highest BCUT2D eigenvalue weighted by Crippen LogP contribution is 2.00. The van der Waals surface area contributed by atoms with Crippen LogP contribution >= 0.6 is 0 Å². The molecule has 14 heavy (non-hydrogen) atoms. The number of hydrazine groups is 1. The van der Waals surface area contributed by atoms with E-state index >= 15 is 0 Å². The summed E-state index contributed by atoms with van der Waals surface area (Å²) in [6.07, 6.45) is 3.44. The fourth-order valence-electron chi connectivity index (χ4n) is 1.39. The van der Waals surface area contributed by atoms with Gasteiger partial charge in [-0.3, -0.25) is 5.84 Å². The smallest absolute Gasteiger partial charge is 0.0169 e. The number of unbranched alkanes of at least 4 members (excludes halogenated alkanes) is 1. The van der Waals surface area contributed by atoms with Crippen LogP contribution in [0.15, 0.2) is 30.3 Å². The van der Waals surface area contributed by atoms with Gasteiger partial charge in [-0.2, -0.15) is 0 Å². The van der Waals surface area contributed by atoms with Crippen molar-refractivity contribution >= 4 is 0 Å². The lowest BCUT2D eigenvalue weighted by atomic mass is 10.1. The van der Waals surface area contributed by atoms with E-state index in [1.54, 1.807) is 0 Å². The molecule has 0 saturated carbocycles. The highest BCUT2D eigenvalue weighted by atomic mass is 15.4. The standard InChI is InChI=1S/C12H20N2/c1-2-3-10-14(13)11-9-12-7-5-4-6-8-12/h4-8H,2-3,9-11,13H2,1H3. The molecule has 0 heterocycles. The predicted octanol–water partition coefficient (Wildman–Crippen LogP) is 2.20. The van der Waals surface area contributed by atoms with E-state index < -0.39 is 0 Å². The van der Waals surface area contributed by atoms with Crippen molar-refractivity contribution in [3.05, 3.63) is 35.9 Å². The van der Waals surface area contributed by atoms with Crippen molar-refractivity contribution in [2.45, 2.75) is 26.2 Å². The van der Waals surface area contributed by atoms with Gasteiger partial charge in [-0.25, -0.2) is 5.01 Å². The zero-order valence-corrected chi connectivity index (χ0v) is 8.95. The molecule has 0 amide bonds. The van der Waals surface area contributed by atoms with Gasteiger partial charge < -0.3 is 0 Å². The van der Waals surface area contributed by atoms with Crippen LogP contribution < -0.4 is 5.84 Å². The highest BCUT2D eigenvalue weighted by Gasteiger charge is 1.98. The highest BCUT2D eigenvalue weighted by molar-refractivity contribution is 5.14. The summed E-state index contributed by atoms with van der Waals surface area (Å²) >= 11 is 0. The maximum atomic E-state index is 5.84. The summed E-state index contributed by atoms with van der Waals surface area (Å²) in [5, 5.41) is 1.91. The van der Waals surface area contributed by atoms with Crippen LogP contribution in [-0.4, -0.2) is 18.1 Å². The Morgan fingerprint density at radius 3 is 2.50 bits per heavy atom. The summed E-state index contributed by atoms with van der Waals surface area (Å²) in [5.74, 6) is 5.84. The number of rotatable bonds is 6. The van der Waals surface area contributed by atoms with Crippen LogP contribution in [-0.2, 0) is 6.42 Å². The molecule has 0 aliphatic heterocycles. The molecule has 1 rings (SSSR count). The van der Waals surface area contributed by atoms with Crippen LogP contribution in [0, 0.1) is 0 Å². The molecule has 0 bridgehead atoms. The topological polar surface area (TPSA) is 29.3 Å². The minimum Gasteiger partial charge on any atom is -0.269 e. The third-order valence-electron chi connectivity index (χ3n) is 2.33. The summed E-state index contributed by atoms with van der Waals surface area (Å²) in [7, 11) is 0. The first-order chi connectivity index (χ1) is 6.83. The molecule has 0 aromatic heterocycles. The molecule has 0 fully saturated rings. The molecule has 0 aliphatic rings. The molecule has 2 nitrogen and oxygen atoms in total. The van der Waals surface area contributed by atoms with Crippen LogP contribution in [0.3, 0.4) is 0 Å². The summed E-state index contributed by atoms with van der Waals surface area (Å²) in [6, 6.07) is 10.5. The van der Waals surface area contributed by atoms with Crippen molar-refractivity contribution < 1.29 is 0 Å². The molecule has 0 aliphatic carbocycles. The largest absolute Gasteiger partial charge is 0.269 e. The fourth-order valence-corrected chi connectivity index (χ4v) is 1.39. The van der Waals surface area contributed by atoms with Gasteiger partial charge in [-0.15, -0.1) is 0 Å². The van der Waals surface area contributed by atoms with Gasteiger partial charge in [0.2, 0.25) is 0 Å². The lowest BCUT2D eigenvalue weighted by molar-refractivity contribution is 0.282. The van der Waals surface area contributed by atoms with Crippen molar-refractivity contribution in [1.29, 1.82) is 0 Å². The summed E-state index contributed by atoms with van der Waals surface area (Å²) < 4.78 is 0. The van der Waals surface area contributed by atoms with E-state index in [2.05, 4.69) is 31.2 Å². The summed E-state index contributed by atoms with van der Waals surface area (Å²) in [5.41, 5.74) is 1.36. The Morgan fingerprint density at radius 1 is 1.14 bits per heavy atom. The zero-order chi connectivity index (χ0) is 10.2. The average Bonchev–Trinajstić information content (AvgIpc) is 2.25. The molecule has 2 N–H and O–H groups in total. The lowest BCUT2D eigenvalue weighted by Crippen LogP contribution is -2.33. The molecular formula is C12H20N2. The maximum Gasteiger partial charge on any atom is 0.0169 e. The Kier molecular flexibility index (Phi) is 5.27. The predicted molar refractivity (Wildman–Crippen MR) is 60.8 cm³/mol. The van der Waals surface area contributed by atoms with E-state index in [0.29, 0.717) is 0 Å². The first-order valence-corrected chi connectivity index (χ1v) is 5.36. The molecular weight excluding hydrogens is 172 g/mol. The van der Waals surface area contributed by atoms with Crippen LogP contribution in [0.2, 0.25) is 0 Å². The molecule has 0 radical (unpaired) electrons. The van der Waals surface area contributed by atoms with Gasteiger partial charge in [0.1, 0.15) is 0 Å². The van der Waals surface area contributed by atoms with Crippen molar-refractivity contribution in [3.8, 4) is 0 Å². The van der Waals surface area contributed by atoms with E-state index in [-0.39, 0.29) is 0 Å². The Labute approximate surface area is 86.7 Å². The number of hydrogen-bond donors (Lipinski definition) is 1.